The number of hydrogen-bond donors (Lipinski definition) is 2. The summed E-state index contributed by atoms with van der Waals surface area (Å²) in [7, 11) is 0. The van der Waals surface area contributed by atoms with E-state index in [0.717, 1.165) is 42.5 Å². The molecule has 1 amide bonds. The van der Waals surface area contributed by atoms with Crippen molar-refractivity contribution in [3.63, 3.8) is 0 Å². The molecule has 0 aromatic heterocycles. The zero-order chi connectivity index (χ0) is 19.8. The molecule has 7 heteroatoms. The van der Waals surface area contributed by atoms with Gasteiger partial charge >= 0.3 is 5.97 Å². The zero-order valence-corrected chi connectivity index (χ0v) is 16.4. The number of halogens is 2. The van der Waals surface area contributed by atoms with Gasteiger partial charge in [-0.1, -0.05) is 41.4 Å². The molecule has 28 heavy (non-hydrogen) atoms. The number of carbonyl (C=O) groups is 2. The lowest BCUT2D eigenvalue weighted by Gasteiger charge is -2.23. The van der Waals surface area contributed by atoms with Crippen molar-refractivity contribution in [2.24, 2.45) is 0 Å². The summed E-state index contributed by atoms with van der Waals surface area (Å²) < 4.78 is 0. The van der Waals surface area contributed by atoms with Crippen LogP contribution in [0.5, 0.6) is 0 Å². The molecule has 5 nitrogen and oxygen atoms in total. The lowest BCUT2D eigenvalue weighted by molar-refractivity contribution is 0.0695. The highest BCUT2D eigenvalue weighted by Crippen LogP contribution is 2.41. The number of nitrogens with one attached hydrogen (secondary N) is 1. The Morgan fingerprint density at radius 2 is 1.64 bits per heavy atom. The molecule has 2 aliphatic rings. The summed E-state index contributed by atoms with van der Waals surface area (Å²) >= 11 is 12.5. The van der Waals surface area contributed by atoms with Crippen molar-refractivity contribution in [3.8, 4) is 0 Å². The van der Waals surface area contributed by atoms with E-state index < -0.39 is 5.97 Å². The third kappa shape index (κ3) is 3.30. The summed E-state index contributed by atoms with van der Waals surface area (Å²) in [5, 5.41) is 11.3. The quantitative estimate of drug-likeness (QED) is 0.719. The van der Waals surface area contributed by atoms with Crippen molar-refractivity contribution in [1.82, 2.24) is 10.4 Å². The van der Waals surface area contributed by atoms with Crippen LogP contribution in [0, 0.1) is 0 Å². The van der Waals surface area contributed by atoms with Gasteiger partial charge in [0.05, 0.1) is 27.2 Å². The Hall–Kier alpha value is -2.34. The summed E-state index contributed by atoms with van der Waals surface area (Å²) in [6.07, 6.45) is 3.73. The number of carboxylic acid groups (broad SMARTS) is 1. The Kier molecular flexibility index (Phi) is 5.15. The Morgan fingerprint density at radius 3 is 2.29 bits per heavy atom. The lowest BCUT2D eigenvalue weighted by atomic mass is 9.89. The molecule has 1 aliphatic heterocycles. The molecule has 1 unspecified atom stereocenters. The van der Waals surface area contributed by atoms with Crippen LogP contribution in [0.25, 0.3) is 0 Å². The predicted molar refractivity (Wildman–Crippen MR) is 107 cm³/mol. The number of aromatic carboxylic acids is 1. The van der Waals surface area contributed by atoms with Crippen molar-refractivity contribution in [1.29, 1.82) is 0 Å². The molecule has 144 valence electrons. The molecule has 1 atom stereocenters. The zero-order valence-electron chi connectivity index (χ0n) is 14.9. The number of carbonyl (C=O) groups excluding carboxylic acids is 1. The van der Waals surface area contributed by atoms with Gasteiger partial charge < -0.3 is 5.11 Å². The van der Waals surface area contributed by atoms with Gasteiger partial charge in [0.2, 0.25) is 0 Å². The molecule has 1 aliphatic carbocycles. The van der Waals surface area contributed by atoms with Crippen molar-refractivity contribution in [3.05, 3.63) is 80.5 Å². The van der Waals surface area contributed by atoms with Crippen LogP contribution in [-0.2, 0) is 0 Å². The minimum atomic E-state index is -0.964. The van der Waals surface area contributed by atoms with Gasteiger partial charge in [-0.15, -0.1) is 0 Å². The highest BCUT2D eigenvalue weighted by Gasteiger charge is 2.37. The van der Waals surface area contributed by atoms with Crippen molar-refractivity contribution in [2.45, 2.75) is 31.7 Å². The molecule has 2 N–H and O–H groups in total. The van der Waals surface area contributed by atoms with Crippen LogP contribution in [0.2, 0.25) is 10.0 Å². The average molecular weight is 417 g/mol. The molecule has 0 bridgehead atoms. The van der Waals surface area contributed by atoms with Crippen LogP contribution in [0.1, 0.15) is 58.0 Å². The van der Waals surface area contributed by atoms with Crippen molar-refractivity contribution in [2.75, 3.05) is 0 Å². The highest BCUT2D eigenvalue weighted by atomic mass is 35.5. The van der Waals surface area contributed by atoms with Gasteiger partial charge in [-0.2, -0.15) is 0 Å². The fraction of sp³-hybridized carbons (Fsp3) is 0.238. The number of carboxylic acids is 1. The van der Waals surface area contributed by atoms with Gasteiger partial charge in [-0.25, -0.2) is 15.2 Å². The van der Waals surface area contributed by atoms with E-state index in [4.69, 9.17) is 28.3 Å². The van der Waals surface area contributed by atoms with Crippen LogP contribution in [0.15, 0.2) is 53.7 Å². The first kappa shape index (κ1) is 19.0. The molecular weight excluding hydrogens is 399 g/mol. The van der Waals surface area contributed by atoms with Gasteiger partial charge in [-0.3, -0.25) is 4.79 Å². The van der Waals surface area contributed by atoms with Crippen LogP contribution >= 0.6 is 23.2 Å². The van der Waals surface area contributed by atoms with E-state index in [2.05, 4.69) is 5.43 Å². The standard InChI is InChI=1S/C21H18Cl2N2O3/c22-15-5-3-6-16(23)18(15)20(26)25-17-7-2-1-4-14(17)19(24-25)12-8-10-13(11-9-12)21(27)28/h3,5-6,8-11,19,24H,1-2,4,7H2,(H,27,28). The van der Waals surface area contributed by atoms with Gasteiger partial charge in [0, 0.05) is 5.70 Å². The maximum atomic E-state index is 13.2. The van der Waals surface area contributed by atoms with Crippen LogP contribution < -0.4 is 5.43 Å². The van der Waals surface area contributed by atoms with E-state index >= 15 is 0 Å². The minimum Gasteiger partial charge on any atom is -0.478 e. The Labute approximate surface area is 172 Å². The first-order valence-corrected chi connectivity index (χ1v) is 9.83. The number of rotatable bonds is 3. The third-order valence-corrected chi connectivity index (χ3v) is 5.86. The topological polar surface area (TPSA) is 69.6 Å². The Balaban J connectivity index is 1.70. The van der Waals surface area contributed by atoms with Crippen LogP contribution in [-0.4, -0.2) is 22.0 Å². The molecule has 0 saturated carbocycles. The smallest absolute Gasteiger partial charge is 0.335 e. The van der Waals surface area contributed by atoms with Gasteiger partial charge in [-0.05, 0) is 61.1 Å². The second kappa shape index (κ2) is 7.59. The van der Waals surface area contributed by atoms with Crippen LogP contribution in [0.3, 0.4) is 0 Å². The highest BCUT2D eigenvalue weighted by molar-refractivity contribution is 6.39. The number of allylic oxidation sites excluding steroid dienone is 1. The number of benzene rings is 2. The fourth-order valence-corrected chi connectivity index (χ4v) is 4.41. The molecule has 0 saturated heterocycles. The second-order valence-corrected chi connectivity index (χ2v) is 7.72. The Morgan fingerprint density at radius 1 is 1.00 bits per heavy atom. The van der Waals surface area contributed by atoms with Gasteiger partial charge in [0.25, 0.3) is 5.91 Å². The lowest BCUT2D eigenvalue weighted by Crippen LogP contribution is -2.39. The van der Waals surface area contributed by atoms with E-state index in [1.54, 1.807) is 47.5 Å². The molecule has 0 radical (unpaired) electrons. The van der Waals surface area contributed by atoms with E-state index in [-0.39, 0.29) is 23.1 Å². The first-order valence-electron chi connectivity index (χ1n) is 9.07. The number of amides is 1. The van der Waals surface area contributed by atoms with Gasteiger partial charge in [0.1, 0.15) is 0 Å². The molecule has 0 fully saturated rings. The fourth-order valence-electron chi connectivity index (χ4n) is 3.85. The summed E-state index contributed by atoms with van der Waals surface area (Å²) in [5.41, 5.74) is 6.84. The Bertz CT molecular complexity index is 965. The maximum Gasteiger partial charge on any atom is 0.335 e. The SMILES string of the molecule is O=C(O)c1ccc(C2NN(C(=O)c3c(Cl)cccc3Cl)C3=C2CCCC3)cc1. The van der Waals surface area contributed by atoms with E-state index in [1.807, 2.05) is 0 Å². The minimum absolute atomic E-state index is 0.177. The summed E-state index contributed by atoms with van der Waals surface area (Å²) in [4.78, 5) is 24.4. The largest absolute Gasteiger partial charge is 0.478 e. The molecule has 0 spiro atoms. The summed E-state index contributed by atoms with van der Waals surface area (Å²) in [5.74, 6) is -1.25. The molecular formula is C21H18Cl2N2O3. The van der Waals surface area contributed by atoms with E-state index in [9.17, 15) is 9.59 Å². The second-order valence-electron chi connectivity index (χ2n) is 6.91. The van der Waals surface area contributed by atoms with Crippen molar-refractivity contribution >= 4 is 35.1 Å². The first-order chi connectivity index (χ1) is 13.5. The molecule has 2 aromatic carbocycles. The third-order valence-electron chi connectivity index (χ3n) is 5.23. The average Bonchev–Trinajstić information content (AvgIpc) is 3.07. The molecule has 4 rings (SSSR count). The summed E-state index contributed by atoms with van der Waals surface area (Å²) in [6, 6.07) is 11.6. The summed E-state index contributed by atoms with van der Waals surface area (Å²) in [6.45, 7) is 0. The van der Waals surface area contributed by atoms with E-state index in [1.165, 1.54) is 0 Å². The molecule has 2 aromatic rings. The van der Waals surface area contributed by atoms with Crippen LogP contribution in [0.4, 0.5) is 0 Å². The number of hydrogen-bond acceptors (Lipinski definition) is 3. The normalized spacial score (nSPS) is 18.9. The van der Waals surface area contributed by atoms with Gasteiger partial charge in [0.15, 0.2) is 0 Å². The number of nitrogens with zero attached hydrogens (tertiary/aromatic N) is 1. The number of hydrazine groups is 1. The maximum absolute atomic E-state index is 13.2. The molecule has 1 heterocycles. The monoisotopic (exact) mass is 416 g/mol. The van der Waals surface area contributed by atoms with Crippen molar-refractivity contribution < 1.29 is 14.7 Å². The predicted octanol–water partition coefficient (Wildman–Crippen LogP) is 5.22. The van der Waals surface area contributed by atoms with E-state index in [0.29, 0.717) is 10.0 Å².